The Bertz CT molecular complexity index is 1590. The molecule has 0 unspecified atom stereocenters. The molecule has 3 aromatic carbocycles. The predicted octanol–water partition coefficient (Wildman–Crippen LogP) is 2.99. The van der Waals surface area contributed by atoms with E-state index >= 15 is 0 Å². The van der Waals surface area contributed by atoms with Crippen LogP contribution in [-0.2, 0) is 14.8 Å². The second kappa shape index (κ2) is 10.1. The smallest absolute Gasteiger partial charge is 0.253 e. The second-order valence-electron chi connectivity index (χ2n) is 7.98. The normalized spacial score (nSPS) is 11.2. The lowest BCUT2D eigenvalue weighted by atomic mass is 10.0. The number of anilines is 3. The first-order valence-corrected chi connectivity index (χ1v) is 12.8. The third kappa shape index (κ3) is 5.31. The van der Waals surface area contributed by atoms with E-state index < -0.39 is 15.9 Å². The number of pyridine rings is 1. The Hall–Kier alpha value is -4.38. The molecule has 0 radical (unpaired) electrons. The third-order valence-electron chi connectivity index (χ3n) is 5.41. The second-order valence-corrected chi connectivity index (χ2v) is 9.72. The maximum atomic E-state index is 12.9. The van der Waals surface area contributed by atoms with Crippen LogP contribution >= 0.6 is 0 Å². The number of sulfonamides is 1. The van der Waals surface area contributed by atoms with E-state index in [1.54, 1.807) is 30.3 Å². The lowest BCUT2D eigenvalue weighted by Crippen LogP contribution is -2.35. The molecule has 2 amide bonds. The molecular formula is C25H25N5O5S. The van der Waals surface area contributed by atoms with E-state index in [2.05, 4.69) is 20.7 Å². The summed E-state index contributed by atoms with van der Waals surface area (Å²) in [7, 11) is -0.469. The minimum atomic E-state index is -3.45. The van der Waals surface area contributed by atoms with Gasteiger partial charge in [0.15, 0.2) is 0 Å². The highest BCUT2D eigenvalue weighted by Gasteiger charge is 2.18. The molecule has 0 saturated heterocycles. The summed E-state index contributed by atoms with van der Waals surface area (Å²) in [5.74, 6) is -0.325. The van der Waals surface area contributed by atoms with Crippen LogP contribution in [0.25, 0.3) is 21.8 Å². The number of para-hydroxylation sites is 2. The van der Waals surface area contributed by atoms with Gasteiger partial charge in [0.05, 0.1) is 53.6 Å². The van der Waals surface area contributed by atoms with Gasteiger partial charge in [-0.15, -0.1) is 0 Å². The van der Waals surface area contributed by atoms with Crippen LogP contribution in [0.3, 0.4) is 0 Å². The summed E-state index contributed by atoms with van der Waals surface area (Å²) in [6.45, 7) is -0.157. The number of amides is 2. The van der Waals surface area contributed by atoms with E-state index in [0.717, 1.165) is 11.6 Å². The number of benzene rings is 3. The van der Waals surface area contributed by atoms with Gasteiger partial charge in [0.2, 0.25) is 15.9 Å². The van der Waals surface area contributed by atoms with Gasteiger partial charge in [-0.05, 0) is 24.3 Å². The number of nitrogens with one attached hydrogen (secondary N) is 4. The number of hydrogen-bond donors (Lipinski definition) is 4. The zero-order valence-corrected chi connectivity index (χ0v) is 20.7. The highest BCUT2D eigenvalue weighted by molar-refractivity contribution is 7.92. The van der Waals surface area contributed by atoms with Crippen LogP contribution in [0.15, 0.2) is 60.7 Å². The number of hydrogen-bond acceptors (Lipinski definition) is 7. The zero-order chi connectivity index (χ0) is 25.9. The zero-order valence-electron chi connectivity index (χ0n) is 19.9. The SMILES string of the molecule is CNC(=O)CNC(=O)c1cccc2c(Nc3ccc(NS(C)(=O)=O)cc3OC)c3ccccc3nc12. The van der Waals surface area contributed by atoms with Crippen LogP contribution in [0.4, 0.5) is 17.1 Å². The van der Waals surface area contributed by atoms with Crippen molar-refractivity contribution in [2.45, 2.75) is 0 Å². The summed E-state index contributed by atoms with van der Waals surface area (Å²) in [4.78, 5) is 29.2. The summed E-state index contributed by atoms with van der Waals surface area (Å²) in [6, 6.07) is 17.6. The van der Waals surface area contributed by atoms with E-state index in [0.29, 0.717) is 44.8 Å². The molecule has 4 N–H and O–H groups in total. The molecule has 0 saturated carbocycles. The average Bonchev–Trinajstić information content (AvgIpc) is 2.86. The fraction of sp³-hybridized carbons (Fsp3) is 0.160. The molecule has 186 valence electrons. The van der Waals surface area contributed by atoms with Gasteiger partial charge in [-0.1, -0.05) is 30.3 Å². The quantitative estimate of drug-likeness (QED) is 0.269. The average molecular weight is 508 g/mol. The van der Waals surface area contributed by atoms with E-state index in [1.807, 2.05) is 30.3 Å². The Morgan fingerprint density at radius 3 is 2.47 bits per heavy atom. The van der Waals surface area contributed by atoms with Crippen molar-refractivity contribution in [3.63, 3.8) is 0 Å². The highest BCUT2D eigenvalue weighted by atomic mass is 32.2. The number of fused-ring (bicyclic) bond motifs is 2. The molecule has 4 aromatic rings. The molecular weight excluding hydrogens is 482 g/mol. The van der Waals surface area contributed by atoms with Crippen molar-refractivity contribution < 1.29 is 22.7 Å². The minimum Gasteiger partial charge on any atom is -0.494 e. The predicted molar refractivity (Wildman–Crippen MR) is 140 cm³/mol. The standard InChI is InChI=1S/C25H25N5O5S/c1-26-22(31)14-27-25(32)18-9-6-8-17-23(16-7-4-5-10-19(16)28-24(17)18)29-20-12-11-15(13-21(20)35-2)30-36(3,33)34/h4-13,30H,14H2,1-3H3,(H,26,31)(H,27,32)(H,28,29). The molecule has 0 aliphatic rings. The van der Waals surface area contributed by atoms with Crippen LogP contribution in [0.2, 0.25) is 0 Å². The minimum absolute atomic E-state index is 0.157. The lowest BCUT2D eigenvalue weighted by Gasteiger charge is -2.17. The molecule has 10 nitrogen and oxygen atoms in total. The van der Waals surface area contributed by atoms with Crippen LogP contribution in [0.1, 0.15) is 10.4 Å². The fourth-order valence-corrected chi connectivity index (χ4v) is 4.34. The number of nitrogens with zero attached hydrogens (tertiary/aromatic N) is 1. The van der Waals surface area contributed by atoms with Crippen LogP contribution in [-0.4, -0.2) is 52.2 Å². The van der Waals surface area contributed by atoms with Gasteiger partial charge >= 0.3 is 0 Å². The van der Waals surface area contributed by atoms with Gasteiger partial charge in [-0.2, -0.15) is 0 Å². The van der Waals surface area contributed by atoms with Gasteiger partial charge in [0, 0.05) is 23.9 Å². The van der Waals surface area contributed by atoms with Gasteiger partial charge in [-0.25, -0.2) is 13.4 Å². The van der Waals surface area contributed by atoms with E-state index in [4.69, 9.17) is 9.72 Å². The van der Waals surface area contributed by atoms with Crippen molar-refractivity contribution in [2.24, 2.45) is 0 Å². The monoisotopic (exact) mass is 507 g/mol. The van der Waals surface area contributed by atoms with Crippen molar-refractivity contribution in [1.82, 2.24) is 15.6 Å². The van der Waals surface area contributed by atoms with Crippen molar-refractivity contribution in [1.29, 1.82) is 0 Å². The van der Waals surface area contributed by atoms with Gasteiger partial charge in [-0.3, -0.25) is 14.3 Å². The molecule has 0 atom stereocenters. The first-order chi connectivity index (χ1) is 17.2. The molecule has 0 aliphatic heterocycles. The molecule has 0 spiro atoms. The summed E-state index contributed by atoms with van der Waals surface area (Å²) >= 11 is 0. The first kappa shape index (κ1) is 24.7. The van der Waals surface area contributed by atoms with Crippen molar-refractivity contribution >= 4 is 60.7 Å². The van der Waals surface area contributed by atoms with Gasteiger partial charge in [0.25, 0.3) is 5.91 Å². The number of likely N-dealkylation sites (N-methyl/N-ethyl adjacent to an activating group) is 1. The topological polar surface area (TPSA) is 139 Å². The first-order valence-electron chi connectivity index (χ1n) is 10.9. The molecule has 36 heavy (non-hydrogen) atoms. The van der Waals surface area contributed by atoms with E-state index in [-0.39, 0.29) is 12.5 Å². The van der Waals surface area contributed by atoms with Crippen molar-refractivity contribution in [2.75, 3.05) is 37.0 Å². The molecule has 0 aliphatic carbocycles. The number of aromatic nitrogens is 1. The maximum absolute atomic E-state index is 12.9. The Morgan fingerprint density at radius 1 is 1.00 bits per heavy atom. The van der Waals surface area contributed by atoms with Gasteiger partial charge < -0.3 is 20.7 Å². The summed E-state index contributed by atoms with van der Waals surface area (Å²) in [5.41, 5.74) is 3.09. The Kier molecular flexibility index (Phi) is 6.93. The molecule has 11 heteroatoms. The largest absolute Gasteiger partial charge is 0.494 e. The number of methoxy groups -OCH3 is 1. The third-order valence-corrected chi connectivity index (χ3v) is 6.01. The van der Waals surface area contributed by atoms with E-state index in [1.165, 1.54) is 14.2 Å². The number of ether oxygens (including phenoxy) is 1. The molecule has 0 fully saturated rings. The number of carbonyl (C=O) groups excluding carboxylic acids is 2. The Labute approximate surface area is 208 Å². The molecule has 1 heterocycles. The van der Waals surface area contributed by atoms with Crippen molar-refractivity contribution in [3.8, 4) is 5.75 Å². The summed E-state index contributed by atoms with van der Waals surface area (Å²) < 4.78 is 31.2. The fourth-order valence-electron chi connectivity index (χ4n) is 3.78. The molecule has 4 rings (SSSR count). The number of rotatable bonds is 8. The highest BCUT2D eigenvalue weighted by Crippen LogP contribution is 2.37. The van der Waals surface area contributed by atoms with Crippen LogP contribution in [0.5, 0.6) is 5.75 Å². The van der Waals surface area contributed by atoms with Gasteiger partial charge in [0.1, 0.15) is 5.75 Å². The number of carbonyl (C=O) groups is 2. The van der Waals surface area contributed by atoms with Crippen LogP contribution < -0.4 is 25.4 Å². The molecule has 1 aromatic heterocycles. The summed E-state index contributed by atoms with van der Waals surface area (Å²) in [6.07, 6.45) is 1.07. The summed E-state index contributed by atoms with van der Waals surface area (Å²) in [5, 5.41) is 9.96. The van der Waals surface area contributed by atoms with Crippen molar-refractivity contribution in [3.05, 3.63) is 66.2 Å². The van der Waals surface area contributed by atoms with Crippen LogP contribution in [0, 0.1) is 0 Å². The Balaban J connectivity index is 1.83. The lowest BCUT2D eigenvalue weighted by molar-refractivity contribution is -0.119. The van der Waals surface area contributed by atoms with E-state index in [9.17, 15) is 18.0 Å². The Morgan fingerprint density at radius 2 is 1.75 bits per heavy atom. The molecule has 0 bridgehead atoms. The maximum Gasteiger partial charge on any atom is 0.253 e.